The number of carbonyl (C=O) groups is 1. The second-order valence-corrected chi connectivity index (χ2v) is 5.44. The van der Waals surface area contributed by atoms with E-state index < -0.39 is 0 Å². The molecular formula is C17H18FNO3. The molecular weight excluding hydrogens is 285 g/mol. The molecule has 2 heterocycles. The third kappa shape index (κ3) is 3.04. The number of ether oxygens (including phenoxy) is 1. The van der Waals surface area contributed by atoms with Crippen molar-refractivity contribution in [1.82, 2.24) is 5.32 Å². The highest BCUT2D eigenvalue weighted by Gasteiger charge is 2.29. The van der Waals surface area contributed by atoms with Gasteiger partial charge in [-0.1, -0.05) is 12.1 Å². The molecule has 1 fully saturated rings. The molecule has 0 radical (unpaired) electrons. The third-order valence-corrected chi connectivity index (χ3v) is 3.96. The predicted octanol–water partition coefficient (Wildman–Crippen LogP) is 3.38. The molecule has 2 aromatic rings. The van der Waals surface area contributed by atoms with E-state index in [9.17, 15) is 9.18 Å². The van der Waals surface area contributed by atoms with Crippen LogP contribution in [0.25, 0.3) is 0 Å². The lowest BCUT2D eigenvalue weighted by Crippen LogP contribution is -2.36. The molecule has 0 bridgehead atoms. The fraction of sp³-hybridized carbons (Fsp3) is 0.353. The van der Waals surface area contributed by atoms with Crippen LogP contribution < -0.4 is 5.32 Å². The Labute approximate surface area is 128 Å². The summed E-state index contributed by atoms with van der Waals surface area (Å²) in [7, 11) is 0. The summed E-state index contributed by atoms with van der Waals surface area (Å²) in [6.07, 6.45) is 3.22. The quantitative estimate of drug-likeness (QED) is 0.942. The van der Waals surface area contributed by atoms with Crippen LogP contribution in [0.2, 0.25) is 0 Å². The van der Waals surface area contributed by atoms with Crippen molar-refractivity contribution in [2.24, 2.45) is 0 Å². The van der Waals surface area contributed by atoms with Crippen molar-refractivity contribution in [3.8, 4) is 0 Å². The zero-order valence-corrected chi connectivity index (χ0v) is 12.3. The number of amides is 1. The fourth-order valence-electron chi connectivity index (χ4n) is 2.77. The number of hydrogen-bond donors (Lipinski definition) is 1. The number of furan rings is 1. The lowest BCUT2D eigenvalue weighted by Gasteiger charge is -2.24. The summed E-state index contributed by atoms with van der Waals surface area (Å²) in [6.45, 7) is 2.43. The lowest BCUT2D eigenvalue weighted by atomic mass is 9.98. The smallest absolute Gasteiger partial charge is 0.255 e. The molecule has 116 valence electrons. The van der Waals surface area contributed by atoms with Gasteiger partial charge in [0.25, 0.3) is 5.91 Å². The van der Waals surface area contributed by atoms with Crippen molar-refractivity contribution >= 4 is 5.91 Å². The Morgan fingerprint density at radius 1 is 1.32 bits per heavy atom. The minimum atomic E-state index is -0.301. The van der Waals surface area contributed by atoms with Gasteiger partial charge in [-0.2, -0.15) is 0 Å². The van der Waals surface area contributed by atoms with Crippen LogP contribution in [0.15, 0.2) is 41.0 Å². The number of hydrogen-bond acceptors (Lipinski definition) is 3. The number of nitrogens with one attached hydrogen (secondary N) is 1. The molecule has 0 aliphatic carbocycles. The highest BCUT2D eigenvalue weighted by atomic mass is 19.1. The molecule has 1 N–H and O–H groups in total. The molecule has 4 nitrogen and oxygen atoms in total. The first-order valence-electron chi connectivity index (χ1n) is 7.37. The van der Waals surface area contributed by atoms with E-state index in [4.69, 9.17) is 9.15 Å². The van der Waals surface area contributed by atoms with Gasteiger partial charge in [0.15, 0.2) is 0 Å². The van der Waals surface area contributed by atoms with Crippen LogP contribution in [0, 0.1) is 12.7 Å². The first kappa shape index (κ1) is 14.8. The fourth-order valence-corrected chi connectivity index (χ4v) is 2.77. The molecule has 1 aromatic carbocycles. The summed E-state index contributed by atoms with van der Waals surface area (Å²) in [5.41, 5.74) is 1.34. The van der Waals surface area contributed by atoms with Crippen LogP contribution in [0.1, 0.15) is 40.6 Å². The molecule has 1 aromatic heterocycles. The number of carbonyl (C=O) groups excluding carboxylic acids is 1. The minimum absolute atomic E-state index is 0.0957. The summed E-state index contributed by atoms with van der Waals surface area (Å²) in [6, 6.07) is 7.50. The average Bonchev–Trinajstić information content (AvgIpc) is 3.17. The maximum atomic E-state index is 13.1. The van der Waals surface area contributed by atoms with Crippen molar-refractivity contribution < 1.29 is 18.3 Å². The maximum absolute atomic E-state index is 13.1. The van der Waals surface area contributed by atoms with Crippen molar-refractivity contribution in [2.45, 2.75) is 31.9 Å². The van der Waals surface area contributed by atoms with E-state index in [0.29, 0.717) is 17.9 Å². The van der Waals surface area contributed by atoms with Gasteiger partial charge in [0.1, 0.15) is 11.6 Å². The topological polar surface area (TPSA) is 51.5 Å². The molecule has 1 saturated heterocycles. The summed E-state index contributed by atoms with van der Waals surface area (Å²) in [5, 5.41) is 2.99. The van der Waals surface area contributed by atoms with E-state index in [0.717, 1.165) is 18.4 Å². The van der Waals surface area contributed by atoms with Gasteiger partial charge in [0, 0.05) is 6.61 Å². The summed E-state index contributed by atoms with van der Waals surface area (Å²) in [4.78, 5) is 12.4. The largest absolute Gasteiger partial charge is 0.469 e. The number of aryl methyl sites for hydroxylation is 1. The Morgan fingerprint density at radius 2 is 2.09 bits per heavy atom. The van der Waals surface area contributed by atoms with Crippen molar-refractivity contribution in [3.05, 3.63) is 59.3 Å². The van der Waals surface area contributed by atoms with E-state index in [2.05, 4.69) is 5.32 Å². The van der Waals surface area contributed by atoms with E-state index >= 15 is 0 Å². The van der Waals surface area contributed by atoms with Crippen molar-refractivity contribution in [2.75, 3.05) is 6.61 Å². The van der Waals surface area contributed by atoms with Crippen molar-refractivity contribution in [1.29, 1.82) is 0 Å². The standard InChI is InChI=1S/C17H18FNO3/c1-11-14(8-10-21-11)17(20)19-16(15-3-2-9-22-15)12-4-6-13(18)7-5-12/h4-8,10,15-16H,2-3,9H2,1H3,(H,19,20). The molecule has 0 spiro atoms. The van der Waals surface area contributed by atoms with Crippen LogP contribution in [0.4, 0.5) is 4.39 Å². The second-order valence-electron chi connectivity index (χ2n) is 5.44. The zero-order chi connectivity index (χ0) is 15.5. The van der Waals surface area contributed by atoms with E-state index in [1.807, 2.05) is 0 Å². The Bertz CT molecular complexity index is 644. The molecule has 1 aliphatic heterocycles. The molecule has 2 atom stereocenters. The highest BCUT2D eigenvalue weighted by Crippen LogP contribution is 2.27. The van der Waals surface area contributed by atoms with Gasteiger partial charge in [0.05, 0.1) is 24.0 Å². The van der Waals surface area contributed by atoms with Gasteiger partial charge in [-0.25, -0.2) is 4.39 Å². The second kappa shape index (κ2) is 6.32. The number of halogens is 1. The first-order chi connectivity index (χ1) is 10.6. The summed E-state index contributed by atoms with van der Waals surface area (Å²) >= 11 is 0. The minimum Gasteiger partial charge on any atom is -0.469 e. The molecule has 22 heavy (non-hydrogen) atoms. The first-order valence-corrected chi connectivity index (χ1v) is 7.37. The van der Waals surface area contributed by atoms with Crippen LogP contribution in [-0.4, -0.2) is 18.6 Å². The van der Waals surface area contributed by atoms with Crippen LogP contribution in [-0.2, 0) is 4.74 Å². The summed E-state index contributed by atoms with van der Waals surface area (Å²) in [5.74, 6) is 0.0608. The summed E-state index contributed by atoms with van der Waals surface area (Å²) < 4.78 is 24.0. The van der Waals surface area contributed by atoms with Gasteiger partial charge >= 0.3 is 0 Å². The molecule has 0 saturated carbocycles. The van der Waals surface area contributed by atoms with Crippen LogP contribution in [0.3, 0.4) is 0 Å². The van der Waals surface area contributed by atoms with Crippen LogP contribution in [0.5, 0.6) is 0 Å². The predicted molar refractivity (Wildman–Crippen MR) is 79.0 cm³/mol. The van der Waals surface area contributed by atoms with E-state index in [1.54, 1.807) is 25.1 Å². The Hall–Kier alpha value is -2.14. The van der Waals surface area contributed by atoms with Gasteiger partial charge in [-0.05, 0) is 43.5 Å². The molecule has 3 rings (SSSR count). The van der Waals surface area contributed by atoms with Crippen LogP contribution >= 0.6 is 0 Å². The Morgan fingerprint density at radius 3 is 2.68 bits per heavy atom. The van der Waals surface area contributed by atoms with Gasteiger partial charge in [0.2, 0.25) is 0 Å². The van der Waals surface area contributed by atoms with Gasteiger partial charge in [-0.3, -0.25) is 4.79 Å². The molecule has 2 unspecified atom stereocenters. The molecule has 1 amide bonds. The lowest BCUT2D eigenvalue weighted by molar-refractivity contribution is 0.0671. The number of benzene rings is 1. The molecule has 5 heteroatoms. The zero-order valence-electron chi connectivity index (χ0n) is 12.3. The Kier molecular flexibility index (Phi) is 4.24. The van der Waals surface area contributed by atoms with Crippen molar-refractivity contribution in [3.63, 3.8) is 0 Å². The SMILES string of the molecule is Cc1occc1C(=O)NC(c1ccc(F)cc1)C1CCCO1. The Balaban J connectivity index is 1.84. The third-order valence-electron chi connectivity index (χ3n) is 3.96. The maximum Gasteiger partial charge on any atom is 0.255 e. The van der Waals surface area contributed by atoms with Gasteiger partial charge < -0.3 is 14.5 Å². The van der Waals surface area contributed by atoms with E-state index in [-0.39, 0.29) is 23.9 Å². The van der Waals surface area contributed by atoms with Gasteiger partial charge in [-0.15, -0.1) is 0 Å². The average molecular weight is 303 g/mol. The number of rotatable bonds is 4. The normalized spacial score (nSPS) is 19.1. The highest BCUT2D eigenvalue weighted by molar-refractivity contribution is 5.95. The monoisotopic (exact) mass is 303 g/mol. The van der Waals surface area contributed by atoms with E-state index in [1.165, 1.54) is 18.4 Å². The molecule has 1 aliphatic rings.